The van der Waals surface area contributed by atoms with Gasteiger partial charge in [-0.15, -0.1) is 0 Å². The zero-order valence-electron chi connectivity index (χ0n) is 22.9. The highest BCUT2D eigenvalue weighted by Crippen LogP contribution is 2.28. The summed E-state index contributed by atoms with van der Waals surface area (Å²) in [6.45, 7) is 3.92. The fourth-order valence-electron chi connectivity index (χ4n) is 3.92. The van der Waals surface area contributed by atoms with E-state index in [9.17, 15) is 18.0 Å². The highest BCUT2D eigenvalue weighted by molar-refractivity contribution is 7.90. The smallest absolute Gasteiger partial charge is 0.332 e. The quantitative estimate of drug-likeness (QED) is 0.150. The molecule has 3 aromatic carbocycles. The molecule has 10 heteroatoms. The second-order valence-electron chi connectivity index (χ2n) is 9.31. The number of hydrogen-bond donors (Lipinski definition) is 3. The van der Waals surface area contributed by atoms with E-state index in [1.165, 1.54) is 6.26 Å². The van der Waals surface area contributed by atoms with Crippen molar-refractivity contribution in [2.75, 3.05) is 11.6 Å². The molecule has 3 aromatic rings. The van der Waals surface area contributed by atoms with Gasteiger partial charge in [0.05, 0.1) is 4.90 Å². The predicted molar refractivity (Wildman–Crippen MR) is 155 cm³/mol. The van der Waals surface area contributed by atoms with E-state index < -0.39 is 21.9 Å². The van der Waals surface area contributed by atoms with E-state index in [0.717, 1.165) is 6.42 Å². The summed E-state index contributed by atoms with van der Waals surface area (Å²) >= 11 is 0. The van der Waals surface area contributed by atoms with Crippen LogP contribution < -0.4 is 15.5 Å². The number of benzene rings is 3. The van der Waals surface area contributed by atoms with Gasteiger partial charge < -0.3 is 14.9 Å². The lowest BCUT2D eigenvalue weighted by Crippen LogP contribution is -2.33. The largest absolute Gasteiger partial charge is 0.481 e. The standard InChI is InChI=1S/C30H35N3O6S/c1-4-6-15-28(34)39-33-29(31)22-11-9-12-24(20-22)38-26(10-5-2)30(35)32-23-18-16-21(17-19-23)25-13-7-8-14-27(25)40(3,36)37/h7-9,11-14,16-20,26H,4-6,10,15H2,1-3H3,(H2,31,33)(H,32,35). The van der Waals surface area contributed by atoms with Crippen LogP contribution in [-0.2, 0) is 24.3 Å². The lowest BCUT2D eigenvalue weighted by molar-refractivity contribution is -0.148. The number of hydroxylamine groups is 1. The minimum Gasteiger partial charge on any atom is -0.481 e. The van der Waals surface area contributed by atoms with E-state index in [1.54, 1.807) is 72.8 Å². The van der Waals surface area contributed by atoms with Crippen LogP contribution in [0.4, 0.5) is 5.69 Å². The molecule has 0 fully saturated rings. The molecule has 0 radical (unpaired) electrons. The molecule has 9 nitrogen and oxygen atoms in total. The fourth-order valence-corrected chi connectivity index (χ4v) is 4.83. The average Bonchev–Trinajstić information content (AvgIpc) is 2.94. The van der Waals surface area contributed by atoms with Crippen molar-refractivity contribution in [2.24, 2.45) is 0 Å². The van der Waals surface area contributed by atoms with Crippen molar-refractivity contribution in [2.45, 2.75) is 57.0 Å². The summed E-state index contributed by atoms with van der Waals surface area (Å²) in [5.41, 5.74) is 4.64. The van der Waals surface area contributed by atoms with E-state index in [0.29, 0.717) is 47.4 Å². The number of hydrogen-bond acceptors (Lipinski definition) is 7. The van der Waals surface area contributed by atoms with Crippen molar-refractivity contribution in [3.05, 3.63) is 78.4 Å². The minimum absolute atomic E-state index is 0.107. The van der Waals surface area contributed by atoms with Gasteiger partial charge in [0, 0.05) is 29.5 Å². The first-order valence-corrected chi connectivity index (χ1v) is 15.0. The summed E-state index contributed by atoms with van der Waals surface area (Å²) in [7, 11) is -3.40. The maximum Gasteiger partial charge on any atom is 0.332 e. The van der Waals surface area contributed by atoms with Gasteiger partial charge in [0.15, 0.2) is 21.8 Å². The molecule has 1 amide bonds. The summed E-state index contributed by atoms with van der Waals surface area (Å²) in [4.78, 5) is 30.0. The highest BCUT2D eigenvalue weighted by atomic mass is 32.2. The Labute approximate surface area is 235 Å². The normalized spacial score (nSPS) is 11.8. The van der Waals surface area contributed by atoms with Crippen molar-refractivity contribution >= 4 is 33.2 Å². The van der Waals surface area contributed by atoms with Gasteiger partial charge in [-0.1, -0.05) is 69.2 Å². The van der Waals surface area contributed by atoms with Crippen LogP contribution in [-0.4, -0.2) is 38.5 Å². The lowest BCUT2D eigenvalue weighted by atomic mass is 10.1. The number of anilines is 1. The van der Waals surface area contributed by atoms with Gasteiger partial charge in [0.25, 0.3) is 5.91 Å². The zero-order valence-corrected chi connectivity index (χ0v) is 23.7. The molecule has 0 spiro atoms. The maximum absolute atomic E-state index is 13.1. The van der Waals surface area contributed by atoms with Crippen molar-refractivity contribution in [3.8, 4) is 16.9 Å². The first kappa shape index (κ1) is 30.4. The van der Waals surface area contributed by atoms with E-state index in [4.69, 9.17) is 15.0 Å². The molecule has 212 valence electrons. The molecule has 3 N–H and O–H groups in total. The second kappa shape index (κ2) is 14.3. The van der Waals surface area contributed by atoms with E-state index in [2.05, 4.69) is 10.8 Å². The molecule has 0 aliphatic rings. The van der Waals surface area contributed by atoms with Crippen LogP contribution in [0, 0.1) is 5.41 Å². The summed E-state index contributed by atoms with van der Waals surface area (Å²) in [6.07, 6.45) is 3.38. The lowest BCUT2D eigenvalue weighted by Gasteiger charge is -2.19. The summed E-state index contributed by atoms with van der Waals surface area (Å²) in [5, 5.41) is 11.0. The van der Waals surface area contributed by atoms with Crippen LogP contribution in [0.15, 0.2) is 77.7 Å². The molecular weight excluding hydrogens is 530 g/mol. The molecule has 40 heavy (non-hydrogen) atoms. The molecule has 0 bridgehead atoms. The first-order chi connectivity index (χ1) is 19.1. The monoisotopic (exact) mass is 565 g/mol. The summed E-state index contributed by atoms with van der Waals surface area (Å²) < 4.78 is 30.3. The maximum atomic E-state index is 13.1. The number of amidine groups is 1. The number of nitrogens with one attached hydrogen (secondary N) is 3. The van der Waals surface area contributed by atoms with Crippen molar-refractivity contribution in [1.29, 1.82) is 5.41 Å². The van der Waals surface area contributed by atoms with Gasteiger partial charge >= 0.3 is 5.97 Å². The predicted octanol–water partition coefficient (Wildman–Crippen LogP) is 5.51. The third-order valence-electron chi connectivity index (χ3n) is 6.00. The van der Waals surface area contributed by atoms with Crippen molar-refractivity contribution < 1.29 is 27.6 Å². The number of rotatable bonds is 12. The second-order valence-corrected chi connectivity index (χ2v) is 11.3. The summed E-state index contributed by atoms with van der Waals surface area (Å²) in [5.74, 6) is -0.493. The molecule has 0 aromatic heterocycles. The Morgan fingerprint density at radius 1 is 0.950 bits per heavy atom. The first-order valence-electron chi connectivity index (χ1n) is 13.1. The third-order valence-corrected chi connectivity index (χ3v) is 7.15. The number of unbranched alkanes of at least 4 members (excludes halogenated alkanes) is 1. The van der Waals surface area contributed by atoms with Crippen molar-refractivity contribution in [3.63, 3.8) is 0 Å². The fraction of sp³-hybridized carbons (Fsp3) is 0.300. The summed E-state index contributed by atoms with van der Waals surface area (Å²) in [6, 6.07) is 20.4. The van der Waals surface area contributed by atoms with Crippen LogP contribution >= 0.6 is 0 Å². The molecule has 0 aliphatic carbocycles. The van der Waals surface area contributed by atoms with E-state index >= 15 is 0 Å². The van der Waals surface area contributed by atoms with Gasteiger partial charge in [-0.25, -0.2) is 18.7 Å². The van der Waals surface area contributed by atoms with Gasteiger partial charge in [0.2, 0.25) is 0 Å². The average molecular weight is 566 g/mol. The van der Waals surface area contributed by atoms with Crippen LogP contribution in [0.3, 0.4) is 0 Å². The number of ether oxygens (including phenoxy) is 1. The molecule has 0 heterocycles. The van der Waals surface area contributed by atoms with Crippen LogP contribution in [0.1, 0.15) is 51.5 Å². The Morgan fingerprint density at radius 2 is 1.68 bits per heavy atom. The molecule has 0 aliphatic heterocycles. The number of carbonyl (C=O) groups excluding carboxylic acids is 2. The Bertz CT molecular complexity index is 1440. The van der Waals surface area contributed by atoms with Gasteiger partial charge in [-0.2, -0.15) is 0 Å². The van der Waals surface area contributed by atoms with Crippen LogP contribution in [0.25, 0.3) is 11.1 Å². The zero-order chi connectivity index (χ0) is 29.1. The highest BCUT2D eigenvalue weighted by Gasteiger charge is 2.21. The SMILES string of the molecule is CCCCC(=O)ONC(=N)c1cccc(OC(CCC)C(=O)Nc2ccc(-c3ccccc3S(C)(=O)=O)cc2)c1. The Morgan fingerprint density at radius 3 is 2.35 bits per heavy atom. The van der Waals surface area contributed by atoms with E-state index in [-0.39, 0.29) is 23.1 Å². The van der Waals surface area contributed by atoms with Gasteiger partial charge in [0.1, 0.15) is 5.75 Å². The number of carbonyl (C=O) groups is 2. The Kier molecular flexibility index (Phi) is 10.8. The number of sulfone groups is 1. The van der Waals surface area contributed by atoms with Gasteiger partial charge in [-0.05, 0) is 48.7 Å². The topological polar surface area (TPSA) is 135 Å². The van der Waals surface area contributed by atoms with Gasteiger partial charge in [-0.3, -0.25) is 10.2 Å². The Hall–Kier alpha value is -4.18. The van der Waals surface area contributed by atoms with Crippen LogP contribution in [0.2, 0.25) is 0 Å². The molecule has 0 saturated carbocycles. The molecule has 3 rings (SSSR count). The van der Waals surface area contributed by atoms with Crippen molar-refractivity contribution in [1.82, 2.24) is 5.48 Å². The van der Waals surface area contributed by atoms with Crippen LogP contribution in [0.5, 0.6) is 5.75 Å². The molecule has 1 unspecified atom stereocenters. The molecule has 1 atom stereocenters. The number of amides is 1. The Balaban J connectivity index is 1.67. The molecular formula is C30H35N3O6S. The van der Waals surface area contributed by atoms with E-state index in [1.807, 2.05) is 13.8 Å². The molecule has 0 saturated heterocycles. The minimum atomic E-state index is -3.40. The third kappa shape index (κ3) is 8.67.